The second-order valence-corrected chi connectivity index (χ2v) is 6.53. The lowest BCUT2D eigenvalue weighted by Gasteiger charge is -2.39. The van der Waals surface area contributed by atoms with E-state index in [1.54, 1.807) is 4.90 Å². The minimum Gasteiger partial charge on any atom is -0.444 e. The molecule has 0 atom stereocenters. The first-order chi connectivity index (χ1) is 9.26. The summed E-state index contributed by atoms with van der Waals surface area (Å²) < 4.78 is 11.2. The van der Waals surface area contributed by atoms with Gasteiger partial charge in [0.15, 0.2) is 0 Å². The molecule has 0 bridgehead atoms. The van der Waals surface area contributed by atoms with Crippen molar-refractivity contribution in [2.45, 2.75) is 64.6 Å². The van der Waals surface area contributed by atoms with Gasteiger partial charge in [0, 0.05) is 26.1 Å². The van der Waals surface area contributed by atoms with E-state index < -0.39 is 5.60 Å². The maximum Gasteiger partial charge on any atom is 0.410 e. The minimum atomic E-state index is -0.453. The number of ether oxygens (including phenoxy) is 2. The smallest absolute Gasteiger partial charge is 0.410 e. The van der Waals surface area contributed by atoms with E-state index in [0.29, 0.717) is 26.1 Å². The Morgan fingerprint density at radius 3 is 2.45 bits per heavy atom. The third kappa shape index (κ3) is 5.79. The Morgan fingerprint density at radius 1 is 1.35 bits per heavy atom. The fourth-order valence-corrected chi connectivity index (χ4v) is 2.10. The summed E-state index contributed by atoms with van der Waals surface area (Å²) in [6.07, 6.45) is 2.66. The number of carbonyl (C=O) groups excluding carboxylic acids is 1. The number of unbranched alkanes of at least 4 members (excludes halogenated alkanes) is 1. The monoisotopic (exact) mass is 282 g/mol. The number of carbonyl (C=O) groups is 1. The summed E-state index contributed by atoms with van der Waals surface area (Å²) in [7, 11) is 0. The molecular formula is C15H26N2O3. The van der Waals surface area contributed by atoms with Crippen LogP contribution in [0.3, 0.4) is 0 Å². The summed E-state index contributed by atoms with van der Waals surface area (Å²) in [5.74, 6) is 0. The third-order valence-corrected chi connectivity index (χ3v) is 3.36. The number of hydrogen-bond donors (Lipinski definition) is 0. The zero-order valence-corrected chi connectivity index (χ0v) is 13.1. The van der Waals surface area contributed by atoms with Gasteiger partial charge >= 0.3 is 6.09 Å². The Hall–Kier alpha value is -1.28. The molecule has 20 heavy (non-hydrogen) atoms. The molecule has 1 rings (SSSR count). The fraction of sp³-hybridized carbons (Fsp3) is 0.867. The molecular weight excluding hydrogens is 256 g/mol. The first-order valence-corrected chi connectivity index (χ1v) is 7.25. The molecule has 0 aliphatic carbocycles. The van der Waals surface area contributed by atoms with E-state index in [1.165, 1.54) is 0 Å². The second kappa shape index (κ2) is 6.94. The molecule has 5 nitrogen and oxygen atoms in total. The van der Waals surface area contributed by atoms with E-state index in [1.807, 2.05) is 20.8 Å². The molecule has 0 aromatic carbocycles. The highest BCUT2D eigenvalue weighted by Gasteiger charge is 2.34. The van der Waals surface area contributed by atoms with Crippen LogP contribution >= 0.6 is 0 Å². The Morgan fingerprint density at radius 2 is 1.95 bits per heavy atom. The highest BCUT2D eigenvalue weighted by Crippen LogP contribution is 2.27. The Bertz CT molecular complexity index is 360. The Balaban J connectivity index is 2.35. The van der Waals surface area contributed by atoms with Gasteiger partial charge in [-0.25, -0.2) is 4.79 Å². The maximum absolute atomic E-state index is 12.0. The molecule has 114 valence electrons. The summed E-state index contributed by atoms with van der Waals surface area (Å²) in [5.41, 5.74) is -0.639. The van der Waals surface area contributed by atoms with Crippen LogP contribution in [0.4, 0.5) is 4.79 Å². The predicted octanol–water partition coefficient (Wildman–Crippen LogP) is 3.10. The van der Waals surface area contributed by atoms with Crippen molar-refractivity contribution in [1.29, 1.82) is 5.26 Å². The molecule has 1 aliphatic heterocycles. The Labute approximate surface area is 121 Å². The number of piperidine rings is 1. The molecule has 0 saturated carbocycles. The van der Waals surface area contributed by atoms with Gasteiger partial charge in [-0.2, -0.15) is 5.26 Å². The molecule has 0 radical (unpaired) electrons. The van der Waals surface area contributed by atoms with E-state index in [2.05, 4.69) is 13.0 Å². The van der Waals surface area contributed by atoms with Crippen LogP contribution < -0.4 is 0 Å². The summed E-state index contributed by atoms with van der Waals surface area (Å²) >= 11 is 0. The van der Waals surface area contributed by atoms with Gasteiger partial charge in [-0.15, -0.1) is 0 Å². The van der Waals surface area contributed by atoms with Crippen LogP contribution in [0, 0.1) is 11.3 Å². The molecule has 1 fully saturated rings. The second-order valence-electron chi connectivity index (χ2n) is 6.53. The fourth-order valence-electron chi connectivity index (χ4n) is 2.10. The quantitative estimate of drug-likeness (QED) is 0.743. The van der Waals surface area contributed by atoms with E-state index >= 15 is 0 Å². The minimum absolute atomic E-state index is 0.187. The normalized spacial score (nSPS) is 18.4. The molecule has 1 aliphatic rings. The van der Waals surface area contributed by atoms with Gasteiger partial charge in [0.25, 0.3) is 0 Å². The van der Waals surface area contributed by atoms with Gasteiger partial charge in [-0.1, -0.05) is 0 Å². The number of likely N-dealkylation sites (tertiary alicyclic amines) is 1. The van der Waals surface area contributed by atoms with Gasteiger partial charge < -0.3 is 14.4 Å². The van der Waals surface area contributed by atoms with E-state index in [0.717, 1.165) is 19.3 Å². The number of nitrogens with zero attached hydrogens (tertiary/aromatic N) is 2. The van der Waals surface area contributed by atoms with E-state index in [-0.39, 0.29) is 11.7 Å². The number of rotatable bonds is 4. The van der Waals surface area contributed by atoms with Gasteiger partial charge in [0.1, 0.15) is 5.60 Å². The van der Waals surface area contributed by atoms with Crippen LogP contribution in [0.2, 0.25) is 0 Å². The van der Waals surface area contributed by atoms with Crippen molar-refractivity contribution in [2.75, 3.05) is 19.7 Å². The van der Waals surface area contributed by atoms with Gasteiger partial charge in [0.05, 0.1) is 11.7 Å². The highest BCUT2D eigenvalue weighted by atomic mass is 16.6. The van der Waals surface area contributed by atoms with Crippen LogP contribution in [-0.4, -0.2) is 41.9 Å². The first-order valence-electron chi connectivity index (χ1n) is 7.25. The largest absolute Gasteiger partial charge is 0.444 e. The molecule has 1 saturated heterocycles. The molecule has 1 heterocycles. The topological polar surface area (TPSA) is 62.6 Å². The molecule has 5 heteroatoms. The summed E-state index contributed by atoms with van der Waals surface area (Å²) in [6, 6.07) is 2.11. The average molecular weight is 282 g/mol. The number of nitriles is 1. The average Bonchev–Trinajstić information content (AvgIpc) is 2.33. The van der Waals surface area contributed by atoms with Crippen molar-refractivity contribution in [1.82, 2.24) is 4.90 Å². The van der Waals surface area contributed by atoms with Crippen molar-refractivity contribution >= 4 is 6.09 Å². The predicted molar refractivity (Wildman–Crippen MR) is 76.2 cm³/mol. The number of hydrogen-bond acceptors (Lipinski definition) is 4. The van der Waals surface area contributed by atoms with Crippen LogP contribution in [0.15, 0.2) is 0 Å². The Kier molecular flexibility index (Phi) is 5.82. The van der Waals surface area contributed by atoms with Crippen molar-refractivity contribution in [3.63, 3.8) is 0 Å². The lowest BCUT2D eigenvalue weighted by atomic mass is 9.93. The van der Waals surface area contributed by atoms with Crippen LogP contribution in [0.1, 0.15) is 53.4 Å². The zero-order chi connectivity index (χ0) is 15.2. The van der Waals surface area contributed by atoms with E-state index in [9.17, 15) is 4.79 Å². The van der Waals surface area contributed by atoms with Crippen molar-refractivity contribution in [3.05, 3.63) is 0 Å². The summed E-state index contributed by atoms with van der Waals surface area (Å²) in [4.78, 5) is 13.7. The molecule has 0 spiro atoms. The molecule has 1 amide bonds. The number of amides is 1. The van der Waals surface area contributed by atoms with Crippen molar-refractivity contribution in [3.8, 4) is 6.07 Å². The van der Waals surface area contributed by atoms with Gasteiger partial charge in [0.2, 0.25) is 0 Å². The van der Waals surface area contributed by atoms with Crippen LogP contribution in [0.5, 0.6) is 0 Å². The molecule has 0 aromatic heterocycles. The van der Waals surface area contributed by atoms with Gasteiger partial charge in [-0.3, -0.25) is 0 Å². The van der Waals surface area contributed by atoms with Crippen molar-refractivity contribution in [2.24, 2.45) is 0 Å². The lowest BCUT2D eigenvalue weighted by Crippen LogP contribution is -2.48. The summed E-state index contributed by atoms with van der Waals surface area (Å²) in [5, 5.41) is 8.49. The standard InChI is InChI=1S/C15H26N2O3/c1-14(2,3)20-13(18)17-10-7-15(4,8-11-17)19-12-6-5-9-16/h5-8,10-12H2,1-4H3. The van der Waals surface area contributed by atoms with Crippen LogP contribution in [0.25, 0.3) is 0 Å². The van der Waals surface area contributed by atoms with Crippen LogP contribution in [-0.2, 0) is 9.47 Å². The SMILES string of the molecule is CC(C)(C)OC(=O)N1CCC(C)(OCCCC#N)CC1. The molecule has 0 unspecified atom stereocenters. The third-order valence-electron chi connectivity index (χ3n) is 3.36. The first kappa shape index (κ1) is 16.8. The molecule has 0 N–H and O–H groups in total. The zero-order valence-electron chi connectivity index (χ0n) is 13.1. The van der Waals surface area contributed by atoms with Crippen molar-refractivity contribution < 1.29 is 14.3 Å². The lowest BCUT2D eigenvalue weighted by molar-refractivity contribution is -0.0728. The van der Waals surface area contributed by atoms with Gasteiger partial charge in [-0.05, 0) is 47.0 Å². The molecule has 0 aromatic rings. The van der Waals surface area contributed by atoms with E-state index in [4.69, 9.17) is 14.7 Å². The maximum atomic E-state index is 12.0. The highest BCUT2D eigenvalue weighted by molar-refractivity contribution is 5.68. The summed E-state index contributed by atoms with van der Waals surface area (Å²) in [6.45, 7) is 9.61.